The van der Waals surface area contributed by atoms with Gasteiger partial charge in [0.1, 0.15) is 0 Å². The minimum Gasteiger partial charge on any atom is -0.203 e. The molecule has 0 spiro atoms. The van der Waals surface area contributed by atoms with Gasteiger partial charge in [-0.25, -0.2) is 8.78 Å². The lowest BCUT2D eigenvalue weighted by Gasteiger charge is -1.98. The quantitative estimate of drug-likeness (QED) is 0.519. The zero-order valence-corrected chi connectivity index (χ0v) is 7.37. The smallest absolute Gasteiger partial charge is 0.166 e. The Morgan fingerprint density at radius 2 is 1.20 bits per heavy atom. The molecule has 10 heavy (non-hydrogen) atoms. The summed E-state index contributed by atoms with van der Waals surface area (Å²) in [7, 11) is 4.24. The first-order chi connectivity index (χ1) is 4.63. The molecule has 0 radical (unpaired) electrons. The fraction of sp³-hybridized carbons (Fsp3) is 0. The zero-order chi connectivity index (χ0) is 7.72. The number of halogens is 2. The summed E-state index contributed by atoms with van der Waals surface area (Å²) in [6.07, 6.45) is 0. The van der Waals surface area contributed by atoms with Crippen LogP contribution in [0.25, 0.3) is 0 Å². The maximum Gasteiger partial charge on any atom is 0.166 e. The topological polar surface area (TPSA) is 0 Å². The maximum absolute atomic E-state index is 12.6. The average molecular weight is 178 g/mol. The van der Waals surface area contributed by atoms with E-state index in [9.17, 15) is 8.78 Å². The summed E-state index contributed by atoms with van der Waals surface area (Å²) in [6, 6.07) is 3.01. The van der Waals surface area contributed by atoms with Crippen LogP contribution in [-0.2, 0) is 0 Å². The molecule has 0 amide bonds. The third kappa shape index (κ3) is 1.33. The highest BCUT2D eigenvalue weighted by Crippen LogP contribution is 2.04. The van der Waals surface area contributed by atoms with Crippen molar-refractivity contribution in [2.45, 2.75) is 0 Å². The molecule has 0 aliphatic heterocycles. The Bertz CT molecular complexity index is 233. The molecule has 0 bridgehead atoms. The van der Waals surface area contributed by atoms with Crippen molar-refractivity contribution in [1.82, 2.24) is 0 Å². The fourth-order valence-electron chi connectivity index (χ4n) is 0.579. The Balaban J connectivity index is 3.34. The molecule has 0 heterocycles. The van der Waals surface area contributed by atoms with Gasteiger partial charge in [0.05, 0.1) is 0 Å². The van der Waals surface area contributed by atoms with Crippen LogP contribution in [0.4, 0.5) is 8.78 Å². The van der Waals surface area contributed by atoms with Crippen LogP contribution in [0.1, 0.15) is 0 Å². The van der Waals surface area contributed by atoms with Crippen molar-refractivity contribution in [3.8, 4) is 0 Å². The van der Waals surface area contributed by atoms with Crippen LogP contribution < -0.4 is 10.6 Å². The lowest BCUT2D eigenvalue weighted by atomic mass is 10.3. The van der Waals surface area contributed by atoms with Crippen LogP contribution in [0.2, 0.25) is 0 Å². The summed E-state index contributed by atoms with van der Waals surface area (Å²) in [5, 5.41) is 0.507. The van der Waals surface area contributed by atoms with Gasteiger partial charge in [0.2, 0.25) is 0 Å². The Labute approximate surface area is 62.4 Å². The average Bonchev–Trinajstić information content (AvgIpc) is 1.93. The molecular formula is C6H6F2P2. The standard InChI is InChI=1S/C6H6F2P2/c7-5-3(9)1-2-4(10)6(5)8/h1-2H,9-10H2. The van der Waals surface area contributed by atoms with Gasteiger partial charge in [0.15, 0.2) is 11.6 Å². The molecule has 0 saturated heterocycles. The van der Waals surface area contributed by atoms with Crippen molar-refractivity contribution in [2.24, 2.45) is 0 Å². The van der Waals surface area contributed by atoms with Gasteiger partial charge in [-0.05, 0) is 0 Å². The predicted octanol–water partition coefficient (Wildman–Crippen LogP) is 0.966. The molecule has 2 unspecified atom stereocenters. The van der Waals surface area contributed by atoms with Crippen molar-refractivity contribution in [3.63, 3.8) is 0 Å². The van der Waals surface area contributed by atoms with E-state index in [4.69, 9.17) is 0 Å². The molecule has 54 valence electrons. The van der Waals surface area contributed by atoms with E-state index < -0.39 is 11.6 Å². The highest BCUT2D eigenvalue weighted by atomic mass is 31.0. The molecule has 4 heteroatoms. The van der Waals surface area contributed by atoms with E-state index in [1.165, 1.54) is 12.1 Å². The Morgan fingerprint density at radius 3 is 1.50 bits per heavy atom. The van der Waals surface area contributed by atoms with Crippen molar-refractivity contribution in [3.05, 3.63) is 23.8 Å². The summed E-state index contributed by atoms with van der Waals surface area (Å²) in [6.45, 7) is 0. The van der Waals surface area contributed by atoms with Crippen LogP contribution in [0.5, 0.6) is 0 Å². The van der Waals surface area contributed by atoms with Crippen molar-refractivity contribution in [2.75, 3.05) is 0 Å². The minimum atomic E-state index is -0.794. The van der Waals surface area contributed by atoms with Crippen molar-refractivity contribution < 1.29 is 8.78 Å². The van der Waals surface area contributed by atoms with Crippen molar-refractivity contribution >= 4 is 29.1 Å². The second kappa shape index (κ2) is 2.90. The van der Waals surface area contributed by atoms with E-state index in [0.29, 0.717) is 0 Å². The highest BCUT2D eigenvalue weighted by molar-refractivity contribution is 7.28. The lowest BCUT2D eigenvalue weighted by molar-refractivity contribution is 0.520. The molecule has 0 fully saturated rings. The molecule has 1 aromatic rings. The van der Waals surface area contributed by atoms with Gasteiger partial charge in [-0.2, -0.15) is 0 Å². The Hall–Kier alpha value is -0.0600. The minimum absolute atomic E-state index is 0.253. The second-order valence-electron chi connectivity index (χ2n) is 1.87. The van der Waals surface area contributed by atoms with Gasteiger partial charge in [0, 0.05) is 10.6 Å². The van der Waals surface area contributed by atoms with Crippen LogP contribution in [0.3, 0.4) is 0 Å². The first kappa shape index (κ1) is 8.04. The zero-order valence-electron chi connectivity index (χ0n) is 5.07. The van der Waals surface area contributed by atoms with Crippen LogP contribution in [0.15, 0.2) is 12.1 Å². The fourth-order valence-corrected chi connectivity index (χ4v) is 1.03. The number of benzene rings is 1. The Kier molecular flexibility index (Phi) is 2.33. The third-order valence-electron chi connectivity index (χ3n) is 1.14. The number of rotatable bonds is 0. The predicted molar refractivity (Wildman–Crippen MR) is 45.0 cm³/mol. The summed E-state index contributed by atoms with van der Waals surface area (Å²) in [4.78, 5) is 0. The van der Waals surface area contributed by atoms with E-state index in [1.807, 2.05) is 0 Å². The monoisotopic (exact) mass is 178 g/mol. The molecule has 1 aromatic carbocycles. The van der Waals surface area contributed by atoms with E-state index >= 15 is 0 Å². The van der Waals surface area contributed by atoms with E-state index in [1.54, 1.807) is 0 Å². The number of hydrogen-bond acceptors (Lipinski definition) is 0. The third-order valence-corrected chi connectivity index (χ3v) is 2.03. The number of hydrogen-bond donors (Lipinski definition) is 0. The molecule has 0 aromatic heterocycles. The molecule has 2 atom stereocenters. The molecule has 0 aliphatic rings. The highest BCUT2D eigenvalue weighted by Gasteiger charge is 2.06. The SMILES string of the molecule is Fc1c(P)ccc(P)c1F. The van der Waals surface area contributed by atoms with Crippen LogP contribution in [0, 0.1) is 11.6 Å². The molecule has 0 N–H and O–H groups in total. The van der Waals surface area contributed by atoms with E-state index in [-0.39, 0.29) is 10.6 Å². The first-order valence-electron chi connectivity index (χ1n) is 2.62. The first-order valence-corrected chi connectivity index (χ1v) is 3.77. The molecule has 0 saturated carbocycles. The van der Waals surface area contributed by atoms with Gasteiger partial charge < -0.3 is 0 Å². The van der Waals surface area contributed by atoms with E-state index in [2.05, 4.69) is 18.5 Å². The summed E-state index contributed by atoms with van der Waals surface area (Å²) >= 11 is 0. The van der Waals surface area contributed by atoms with Gasteiger partial charge in [-0.1, -0.05) is 12.1 Å². The lowest BCUT2D eigenvalue weighted by Crippen LogP contribution is -2.10. The largest absolute Gasteiger partial charge is 0.203 e. The van der Waals surface area contributed by atoms with Crippen LogP contribution in [-0.4, -0.2) is 0 Å². The molecule has 1 rings (SSSR count). The summed E-state index contributed by atoms with van der Waals surface area (Å²) in [5.74, 6) is -1.59. The molecule has 0 aliphatic carbocycles. The van der Waals surface area contributed by atoms with E-state index in [0.717, 1.165) is 0 Å². The normalized spacial score (nSPS) is 10.0. The second-order valence-corrected chi connectivity index (χ2v) is 3.12. The van der Waals surface area contributed by atoms with Gasteiger partial charge in [-0.15, -0.1) is 18.5 Å². The summed E-state index contributed by atoms with van der Waals surface area (Å²) < 4.78 is 25.2. The summed E-state index contributed by atoms with van der Waals surface area (Å²) in [5.41, 5.74) is 0. The van der Waals surface area contributed by atoms with Crippen LogP contribution >= 0.6 is 18.5 Å². The molecular weight excluding hydrogens is 172 g/mol. The van der Waals surface area contributed by atoms with Gasteiger partial charge >= 0.3 is 0 Å². The van der Waals surface area contributed by atoms with Gasteiger partial charge in [0.25, 0.3) is 0 Å². The van der Waals surface area contributed by atoms with Gasteiger partial charge in [-0.3, -0.25) is 0 Å². The Morgan fingerprint density at radius 1 is 0.900 bits per heavy atom. The maximum atomic E-state index is 12.6. The molecule has 0 nitrogen and oxygen atoms in total. The van der Waals surface area contributed by atoms with Crippen molar-refractivity contribution in [1.29, 1.82) is 0 Å².